The van der Waals surface area contributed by atoms with Crippen molar-refractivity contribution < 1.29 is 0 Å². The largest absolute Gasteiger partial charge is 0.289 e. The molecular formula is C13H15N. The summed E-state index contributed by atoms with van der Waals surface area (Å²) < 4.78 is 0. The molecule has 2 aliphatic rings. The van der Waals surface area contributed by atoms with E-state index in [-0.39, 0.29) is 0 Å². The second kappa shape index (κ2) is 3.23. The maximum absolute atomic E-state index is 4.71. The van der Waals surface area contributed by atoms with Gasteiger partial charge in [0.2, 0.25) is 0 Å². The van der Waals surface area contributed by atoms with Crippen LogP contribution in [0, 0.1) is 5.92 Å². The summed E-state index contributed by atoms with van der Waals surface area (Å²) in [5.41, 5.74) is 4.34. The molecule has 1 aromatic rings. The predicted molar refractivity (Wildman–Crippen MR) is 58.9 cm³/mol. The summed E-state index contributed by atoms with van der Waals surface area (Å²) in [4.78, 5) is 4.71. The number of benzene rings is 1. The summed E-state index contributed by atoms with van der Waals surface area (Å²) in [6.45, 7) is 1.04. The first-order valence-electron chi connectivity index (χ1n) is 5.58. The molecule has 0 radical (unpaired) electrons. The SMILES string of the molecule is c1ccc2c(c1)CC[C@H]1CCCN=C21. The van der Waals surface area contributed by atoms with Gasteiger partial charge in [0.1, 0.15) is 0 Å². The highest BCUT2D eigenvalue weighted by Gasteiger charge is 2.26. The van der Waals surface area contributed by atoms with E-state index in [1.165, 1.54) is 42.5 Å². The Balaban J connectivity index is 2.11. The Morgan fingerprint density at radius 3 is 3.07 bits per heavy atom. The Morgan fingerprint density at radius 1 is 1.14 bits per heavy atom. The van der Waals surface area contributed by atoms with Gasteiger partial charge in [0.15, 0.2) is 0 Å². The van der Waals surface area contributed by atoms with E-state index in [9.17, 15) is 0 Å². The molecule has 1 nitrogen and oxygen atoms in total. The molecule has 72 valence electrons. The zero-order valence-corrected chi connectivity index (χ0v) is 8.37. The lowest BCUT2D eigenvalue weighted by molar-refractivity contribution is 0.521. The van der Waals surface area contributed by atoms with E-state index >= 15 is 0 Å². The number of aryl methyl sites for hydroxylation is 1. The topological polar surface area (TPSA) is 12.4 Å². The molecule has 0 bridgehead atoms. The van der Waals surface area contributed by atoms with Crippen LogP contribution in [0.2, 0.25) is 0 Å². The quantitative estimate of drug-likeness (QED) is 0.589. The molecule has 1 aliphatic heterocycles. The minimum absolute atomic E-state index is 0.763. The van der Waals surface area contributed by atoms with Crippen LogP contribution in [0.3, 0.4) is 0 Å². The summed E-state index contributed by atoms with van der Waals surface area (Å²) in [5, 5.41) is 0. The molecule has 0 amide bonds. The van der Waals surface area contributed by atoms with Gasteiger partial charge < -0.3 is 0 Å². The molecule has 0 fully saturated rings. The third-order valence-corrected chi connectivity index (χ3v) is 3.44. The van der Waals surface area contributed by atoms with Crippen LogP contribution in [0.25, 0.3) is 0 Å². The molecule has 3 rings (SSSR count). The van der Waals surface area contributed by atoms with Crippen molar-refractivity contribution >= 4 is 5.71 Å². The Hall–Kier alpha value is -1.11. The summed E-state index contributed by atoms with van der Waals surface area (Å²) in [5.74, 6) is 0.763. The molecule has 0 N–H and O–H groups in total. The molecule has 0 spiro atoms. The number of hydrogen-bond acceptors (Lipinski definition) is 1. The van der Waals surface area contributed by atoms with Crippen molar-refractivity contribution in [2.45, 2.75) is 25.7 Å². The zero-order chi connectivity index (χ0) is 9.38. The molecule has 1 atom stereocenters. The van der Waals surface area contributed by atoms with Gasteiger partial charge in [0, 0.05) is 18.2 Å². The van der Waals surface area contributed by atoms with E-state index in [2.05, 4.69) is 24.3 Å². The zero-order valence-electron chi connectivity index (χ0n) is 8.37. The molecule has 0 unspecified atom stereocenters. The van der Waals surface area contributed by atoms with Gasteiger partial charge in [0.05, 0.1) is 0 Å². The van der Waals surface area contributed by atoms with Crippen molar-refractivity contribution in [3.8, 4) is 0 Å². The highest BCUT2D eigenvalue weighted by Crippen LogP contribution is 2.31. The molecule has 1 aliphatic carbocycles. The van der Waals surface area contributed by atoms with Crippen molar-refractivity contribution in [2.24, 2.45) is 10.9 Å². The third kappa shape index (κ3) is 1.19. The number of hydrogen-bond donors (Lipinski definition) is 0. The number of aliphatic imine (C=N–C) groups is 1. The fourth-order valence-corrected chi connectivity index (χ4v) is 2.71. The fourth-order valence-electron chi connectivity index (χ4n) is 2.71. The first kappa shape index (κ1) is 8.22. The van der Waals surface area contributed by atoms with Crippen LogP contribution in [0.5, 0.6) is 0 Å². The van der Waals surface area contributed by atoms with Crippen LogP contribution in [0.15, 0.2) is 29.3 Å². The fraction of sp³-hybridized carbons (Fsp3) is 0.462. The van der Waals surface area contributed by atoms with Crippen LogP contribution in [-0.2, 0) is 6.42 Å². The van der Waals surface area contributed by atoms with Gasteiger partial charge in [-0.2, -0.15) is 0 Å². The monoisotopic (exact) mass is 185 g/mol. The third-order valence-electron chi connectivity index (χ3n) is 3.44. The maximum Gasteiger partial charge on any atom is 0.0454 e. The van der Waals surface area contributed by atoms with E-state index < -0.39 is 0 Å². The summed E-state index contributed by atoms with van der Waals surface area (Å²) in [6, 6.07) is 8.77. The van der Waals surface area contributed by atoms with Gasteiger partial charge in [-0.25, -0.2) is 0 Å². The lowest BCUT2D eigenvalue weighted by atomic mass is 9.78. The Labute approximate surface area is 84.9 Å². The first-order chi connectivity index (χ1) is 6.95. The highest BCUT2D eigenvalue weighted by molar-refractivity contribution is 6.04. The average molecular weight is 185 g/mol. The van der Waals surface area contributed by atoms with E-state index in [0.717, 1.165) is 12.5 Å². The van der Waals surface area contributed by atoms with Crippen molar-refractivity contribution in [1.29, 1.82) is 0 Å². The van der Waals surface area contributed by atoms with Gasteiger partial charge >= 0.3 is 0 Å². The van der Waals surface area contributed by atoms with Crippen molar-refractivity contribution in [3.63, 3.8) is 0 Å². The Kier molecular flexibility index (Phi) is 1.90. The van der Waals surface area contributed by atoms with Crippen molar-refractivity contribution in [3.05, 3.63) is 35.4 Å². The molecule has 14 heavy (non-hydrogen) atoms. The molecule has 1 heterocycles. The molecule has 0 saturated heterocycles. The number of fused-ring (bicyclic) bond motifs is 3. The van der Waals surface area contributed by atoms with E-state index in [4.69, 9.17) is 4.99 Å². The van der Waals surface area contributed by atoms with Crippen LogP contribution in [0.4, 0.5) is 0 Å². The van der Waals surface area contributed by atoms with Gasteiger partial charge in [-0.05, 0) is 36.8 Å². The van der Waals surface area contributed by atoms with Crippen LogP contribution in [-0.4, -0.2) is 12.3 Å². The van der Waals surface area contributed by atoms with E-state index in [1.807, 2.05) is 0 Å². The molecule has 0 saturated carbocycles. The smallest absolute Gasteiger partial charge is 0.0454 e. The Bertz CT molecular complexity index is 379. The van der Waals surface area contributed by atoms with Gasteiger partial charge in [0.25, 0.3) is 0 Å². The molecular weight excluding hydrogens is 170 g/mol. The van der Waals surface area contributed by atoms with Gasteiger partial charge in [-0.1, -0.05) is 24.3 Å². The lowest BCUT2D eigenvalue weighted by Crippen LogP contribution is -2.26. The molecule has 1 aromatic carbocycles. The standard InChI is InChI=1S/C13H15N/c1-2-6-12-10(4-1)7-8-11-5-3-9-14-13(11)12/h1-2,4,6,11H,3,5,7-9H2/t11-/m1/s1. The molecule has 1 heteroatoms. The lowest BCUT2D eigenvalue weighted by Gasteiger charge is -2.29. The average Bonchev–Trinajstić information content (AvgIpc) is 2.29. The highest BCUT2D eigenvalue weighted by atomic mass is 14.8. The van der Waals surface area contributed by atoms with Crippen LogP contribution in [0.1, 0.15) is 30.4 Å². The number of rotatable bonds is 0. The van der Waals surface area contributed by atoms with Crippen LogP contribution < -0.4 is 0 Å². The summed E-state index contributed by atoms with van der Waals surface area (Å²) >= 11 is 0. The Morgan fingerprint density at radius 2 is 2.07 bits per heavy atom. The van der Waals surface area contributed by atoms with E-state index in [0.29, 0.717) is 0 Å². The summed E-state index contributed by atoms with van der Waals surface area (Å²) in [6.07, 6.45) is 5.21. The predicted octanol–water partition coefficient (Wildman–Crippen LogP) is 2.83. The van der Waals surface area contributed by atoms with Gasteiger partial charge in [-0.15, -0.1) is 0 Å². The summed E-state index contributed by atoms with van der Waals surface area (Å²) in [7, 11) is 0. The second-order valence-corrected chi connectivity index (χ2v) is 4.30. The van der Waals surface area contributed by atoms with Crippen LogP contribution >= 0.6 is 0 Å². The van der Waals surface area contributed by atoms with Gasteiger partial charge in [-0.3, -0.25) is 4.99 Å². The van der Waals surface area contributed by atoms with Crippen molar-refractivity contribution in [1.82, 2.24) is 0 Å². The normalized spacial score (nSPS) is 24.9. The minimum Gasteiger partial charge on any atom is -0.289 e. The molecule has 0 aromatic heterocycles. The maximum atomic E-state index is 4.71. The minimum atomic E-state index is 0.763. The number of nitrogens with zero attached hydrogens (tertiary/aromatic N) is 1. The van der Waals surface area contributed by atoms with E-state index in [1.54, 1.807) is 0 Å². The second-order valence-electron chi connectivity index (χ2n) is 4.30. The first-order valence-corrected chi connectivity index (χ1v) is 5.58. The van der Waals surface area contributed by atoms with Crippen molar-refractivity contribution in [2.75, 3.05) is 6.54 Å².